The van der Waals surface area contributed by atoms with Gasteiger partial charge in [-0.25, -0.2) is 4.98 Å². The molecule has 1 fully saturated rings. The second-order valence-electron chi connectivity index (χ2n) is 8.39. The van der Waals surface area contributed by atoms with Gasteiger partial charge in [-0.3, -0.25) is 9.78 Å². The van der Waals surface area contributed by atoms with Gasteiger partial charge in [0.25, 0.3) is 0 Å². The lowest BCUT2D eigenvalue weighted by Gasteiger charge is -2.39. The molecule has 0 radical (unpaired) electrons. The van der Waals surface area contributed by atoms with E-state index in [4.69, 9.17) is 0 Å². The van der Waals surface area contributed by atoms with E-state index >= 15 is 0 Å². The first-order chi connectivity index (χ1) is 16.1. The molecule has 1 aliphatic rings. The molecule has 0 unspecified atom stereocenters. The number of ketones is 1. The average molecular weight is 456 g/mol. The molecular weight excluding hydrogens is 430 g/mol. The lowest BCUT2D eigenvalue weighted by atomic mass is 9.84. The lowest BCUT2D eigenvalue weighted by molar-refractivity contribution is 0.0116. The van der Waals surface area contributed by atoms with E-state index in [1.54, 1.807) is 12.4 Å². The molecule has 0 spiro atoms. The van der Waals surface area contributed by atoms with Gasteiger partial charge < -0.3 is 10.0 Å². The third kappa shape index (κ3) is 4.72. The Morgan fingerprint density at radius 1 is 0.939 bits per heavy atom. The lowest BCUT2D eigenvalue weighted by Crippen LogP contribution is -2.42. The zero-order valence-corrected chi connectivity index (χ0v) is 19.0. The number of piperidine rings is 1. The first-order valence-corrected chi connectivity index (χ1v) is 11.9. The Balaban J connectivity index is 1.20. The summed E-state index contributed by atoms with van der Waals surface area (Å²) in [6.07, 6.45) is 5.20. The van der Waals surface area contributed by atoms with Crippen molar-refractivity contribution in [3.05, 3.63) is 101 Å². The summed E-state index contributed by atoms with van der Waals surface area (Å²) in [6.45, 7) is 1.48. The van der Waals surface area contributed by atoms with Crippen LogP contribution in [-0.4, -0.2) is 33.9 Å². The first kappa shape index (κ1) is 21.5. The van der Waals surface area contributed by atoms with Gasteiger partial charge in [0.05, 0.1) is 21.0 Å². The number of carbonyl (C=O) groups excluding carboxylic acids is 1. The molecule has 0 aliphatic carbocycles. The number of aromatic nitrogens is 2. The zero-order chi connectivity index (χ0) is 22.7. The van der Waals surface area contributed by atoms with E-state index in [1.807, 2.05) is 72.8 Å². The van der Waals surface area contributed by atoms with Gasteiger partial charge in [0.15, 0.2) is 5.78 Å². The van der Waals surface area contributed by atoms with Crippen LogP contribution in [0.3, 0.4) is 0 Å². The molecule has 1 aliphatic heterocycles. The van der Waals surface area contributed by atoms with Crippen molar-refractivity contribution in [3.63, 3.8) is 0 Å². The summed E-state index contributed by atoms with van der Waals surface area (Å²) in [6, 6.07) is 23.4. The normalized spacial score (nSPS) is 15.4. The van der Waals surface area contributed by atoms with Gasteiger partial charge in [-0.1, -0.05) is 42.5 Å². The Bertz CT molecular complexity index is 1220. The van der Waals surface area contributed by atoms with Crippen LogP contribution in [0, 0.1) is 0 Å². The second kappa shape index (κ2) is 9.25. The topological polar surface area (TPSA) is 66.3 Å². The van der Waals surface area contributed by atoms with Crippen LogP contribution in [0.5, 0.6) is 0 Å². The predicted molar refractivity (Wildman–Crippen MR) is 132 cm³/mol. The molecule has 5 nitrogen and oxygen atoms in total. The molecule has 1 aromatic carbocycles. The number of Topliss-reactive ketones (excluding diaryl/α,β-unsaturated/α-hetero) is 1. The highest BCUT2D eigenvalue weighted by atomic mass is 32.1. The quantitative estimate of drug-likeness (QED) is 0.409. The van der Waals surface area contributed by atoms with Crippen molar-refractivity contribution in [3.8, 4) is 10.6 Å². The molecule has 3 aromatic heterocycles. The summed E-state index contributed by atoms with van der Waals surface area (Å²) in [5.41, 5.74) is 1.98. The summed E-state index contributed by atoms with van der Waals surface area (Å²) < 4.78 is 0. The van der Waals surface area contributed by atoms with Crippen LogP contribution < -0.4 is 4.90 Å². The Labute approximate surface area is 197 Å². The van der Waals surface area contributed by atoms with E-state index in [0.29, 0.717) is 19.3 Å². The maximum Gasteiger partial charge on any atom is 0.177 e. The summed E-state index contributed by atoms with van der Waals surface area (Å²) in [5, 5.41) is 11.0. The number of carbonyl (C=O) groups is 1. The molecule has 4 aromatic rings. The fourth-order valence-corrected chi connectivity index (χ4v) is 5.18. The summed E-state index contributed by atoms with van der Waals surface area (Å²) in [5.74, 6) is 0.970. The van der Waals surface area contributed by atoms with Crippen LogP contribution in [0.25, 0.3) is 10.6 Å². The zero-order valence-electron chi connectivity index (χ0n) is 18.2. The molecule has 4 heterocycles. The SMILES string of the molecule is O=C(Cc1ccc(N2CCC(O)(c3ccccc3)CC2)nc1)c1ccc(-c2ccccn2)s1. The molecule has 1 N–H and O–H groups in total. The van der Waals surface area contributed by atoms with Crippen LogP contribution in [0.4, 0.5) is 5.82 Å². The van der Waals surface area contributed by atoms with E-state index in [2.05, 4.69) is 14.9 Å². The van der Waals surface area contributed by atoms with E-state index in [9.17, 15) is 9.90 Å². The van der Waals surface area contributed by atoms with Crippen molar-refractivity contribution < 1.29 is 9.90 Å². The number of hydrogen-bond donors (Lipinski definition) is 1. The van der Waals surface area contributed by atoms with Gasteiger partial charge in [0.2, 0.25) is 0 Å². The smallest absolute Gasteiger partial charge is 0.177 e. The van der Waals surface area contributed by atoms with Crippen molar-refractivity contribution in [2.75, 3.05) is 18.0 Å². The molecule has 6 heteroatoms. The Hall–Kier alpha value is -3.35. The molecule has 0 atom stereocenters. The van der Waals surface area contributed by atoms with Crippen molar-refractivity contribution in [2.24, 2.45) is 0 Å². The number of benzene rings is 1. The van der Waals surface area contributed by atoms with E-state index in [0.717, 1.165) is 45.5 Å². The molecule has 166 valence electrons. The Morgan fingerprint density at radius 3 is 2.42 bits per heavy atom. The van der Waals surface area contributed by atoms with Crippen LogP contribution >= 0.6 is 11.3 Å². The summed E-state index contributed by atoms with van der Waals surface area (Å²) >= 11 is 1.47. The number of anilines is 1. The minimum absolute atomic E-state index is 0.0858. The summed E-state index contributed by atoms with van der Waals surface area (Å²) in [4.78, 5) is 25.7. The van der Waals surface area contributed by atoms with E-state index in [-0.39, 0.29) is 5.78 Å². The highest BCUT2D eigenvalue weighted by molar-refractivity contribution is 7.17. The number of pyridine rings is 2. The second-order valence-corrected chi connectivity index (χ2v) is 9.47. The van der Waals surface area contributed by atoms with Crippen LogP contribution in [-0.2, 0) is 12.0 Å². The van der Waals surface area contributed by atoms with E-state index in [1.165, 1.54) is 11.3 Å². The van der Waals surface area contributed by atoms with Crippen molar-refractivity contribution in [1.82, 2.24) is 9.97 Å². The molecule has 0 amide bonds. The van der Waals surface area contributed by atoms with Gasteiger partial charge in [-0.15, -0.1) is 11.3 Å². The van der Waals surface area contributed by atoms with Gasteiger partial charge in [-0.2, -0.15) is 0 Å². The predicted octanol–water partition coefficient (Wildman–Crippen LogP) is 5.12. The van der Waals surface area contributed by atoms with Crippen molar-refractivity contribution in [1.29, 1.82) is 0 Å². The molecule has 5 rings (SSSR count). The fraction of sp³-hybridized carbons (Fsp3) is 0.222. The Morgan fingerprint density at radius 2 is 1.73 bits per heavy atom. The average Bonchev–Trinajstić information content (AvgIpc) is 3.37. The van der Waals surface area contributed by atoms with Gasteiger partial charge >= 0.3 is 0 Å². The first-order valence-electron chi connectivity index (χ1n) is 11.1. The number of thiophene rings is 1. The standard InChI is InChI=1S/C27H25N3O2S/c31-23(25-11-10-24(33-25)22-8-4-5-15-28-22)18-20-9-12-26(29-19-20)30-16-13-27(32,14-17-30)21-6-2-1-3-7-21/h1-12,15,19,32H,13-14,16-18H2. The number of nitrogens with zero attached hydrogens (tertiary/aromatic N) is 3. The van der Waals surface area contributed by atoms with Gasteiger partial charge in [0, 0.05) is 31.9 Å². The third-order valence-corrected chi connectivity index (χ3v) is 7.35. The van der Waals surface area contributed by atoms with Gasteiger partial charge in [0.1, 0.15) is 5.82 Å². The highest BCUT2D eigenvalue weighted by Crippen LogP contribution is 2.34. The van der Waals surface area contributed by atoms with Crippen molar-refractivity contribution >= 4 is 22.9 Å². The molecular formula is C27H25N3O2S. The fourth-order valence-electron chi connectivity index (χ4n) is 4.26. The highest BCUT2D eigenvalue weighted by Gasteiger charge is 2.34. The maximum atomic E-state index is 12.8. The third-order valence-electron chi connectivity index (χ3n) is 6.20. The minimum Gasteiger partial charge on any atom is -0.385 e. The van der Waals surface area contributed by atoms with Crippen LogP contribution in [0.15, 0.2) is 85.2 Å². The maximum absolute atomic E-state index is 12.8. The minimum atomic E-state index is -0.779. The number of rotatable bonds is 6. The molecule has 1 saturated heterocycles. The van der Waals surface area contributed by atoms with Crippen LogP contribution in [0.1, 0.15) is 33.6 Å². The van der Waals surface area contributed by atoms with Crippen LogP contribution in [0.2, 0.25) is 0 Å². The monoisotopic (exact) mass is 455 g/mol. The summed E-state index contributed by atoms with van der Waals surface area (Å²) in [7, 11) is 0. The largest absolute Gasteiger partial charge is 0.385 e. The number of hydrogen-bond acceptors (Lipinski definition) is 6. The van der Waals surface area contributed by atoms with Gasteiger partial charge in [-0.05, 0) is 54.3 Å². The molecule has 0 bridgehead atoms. The van der Waals surface area contributed by atoms with Crippen molar-refractivity contribution in [2.45, 2.75) is 24.9 Å². The molecule has 0 saturated carbocycles. The number of aliphatic hydroxyl groups is 1. The Kier molecular flexibility index (Phi) is 6.03. The van der Waals surface area contributed by atoms with E-state index < -0.39 is 5.60 Å². The molecule has 33 heavy (non-hydrogen) atoms.